The molecule has 0 amide bonds. The highest BCUT2D eigenvalue weighted by Gasteiger charge is 2.62. The summed E-state index contributed by atoms with van der Waals surface area (Å²) in [5, 5.41) is 0. The van der Waals surface area contributed by atoms with Gasteiger partial charge in [0.1, 0.15) is 16.5 Å². The molecule has 2 saturated carbocycles. The molecule has 2 aliphatic carbocycles. The number of aromatic nitrogens is 2. The zero-order chi connectivity index (χ0) is 15.3. The summed E-state index contributed by atoms with van der Waals surface area (Å²) in [5.41, 5.74) is 0.633. The van der Waals surface area contributed by atoms with Crippen molar-refractivity contribution in [3.8, 4) is 5.88 Å². The molecule has 0 radical (unpaired) electrons. The minimum absolute atomic E-state index is 0.264. The minimum atomic E-state index is 0.264. The van der Waals surface area contributed by atoms with Gasteiger partial charge in [-0.25, -0.2) is 4.98 Å². The van der Waals surface area contributed by atoms with Crippen molar-refractivity contribution in [2.24, 2.45) is 16.7 Å². The van der Waals surface area contributed by atoms with Gasteiger partial charge in [0.05, 0.1) is 0 Å². The van der Waals surface area contributed by atoms with E-state index in [1.807, 2.05) is 6.07 Å². The van der Waals surface area contributed by atoms with Crippen LogP contribution < -0.4 is 4.74 Å². The van der Waals surface area contributed by atoms with E-state index in [9.17, 15) is 0 Å². The van der Waals surface area contributed by atoms with Crippen molar-refractivity contribution in [3.63, 3.8) is 0 Å². The fraction of sp³-hybridized carbons (Fsp3) is 0.765. The molecule has 3 atom stereocenters. The number of aryl methyl sites for hydroxylation is 1. The van der Waals surface area contributed by atoms with E-state index in [1.54, 1.807) is 0 Å². The molecule has 3 nitrogen and oxygen atoms in total. The Morgan fingerprint density at radius 3 is 2.67 bits per heavy atom. The Kier molecular flexibility index (Phi) is 3.79. The van der Waals surface area contributed by atoms with Crippen molar-refractivity contribution >= 4 is 15.9 Å². The lowest BCUT2D eigenvalue weighted by Gasteiger charge is -2.38. The monoisotopic (exact) mass is 352 g/mol. The van der Waals surface area contributed by atoms with Crippen molar-refractivity contribution in [3.05, 3.63) is 16.5 Å². The second-order valence-electron chi connectivity index (χ2n) is 7.41. The highest BCUT2D eigenvalue weighted by Crippen LogP contribution is 2.66. The molecule has 4 heteroatoms. The molecule has 2 bridgehead atoms. The molecule has 3 unspecified atom stereocenters. The predicted octanol–water partition coefficient (Wildman–Crippen LogP) is 4.79. The lowest BCUT2D eigenvalue weighted by molar-refractivity contribution is 0.0270. The maximum absolute atomic E-state index is 6.33. The molecular weight excluding hydrogens is 328 g/mol. The third-order valence-corrected chi connectivity index (χ3v) is 6.57. The fourth-order valence-corrected chi connectivity index (χ4v) is 4.69. The molecule has 116 valence electrons. The van der Waals surface area contributed by atoms with E-state index in [2.05, 4.69) is 53.6 Å². The number of hydrogen-bond acceptors (Lipinski definition) is 3. The van der Waals surface area contributed by atoms with Gasteiger partial charge in [-0.05, 0) is 52.9 Å². The molecule has 0 aliphatic heterocycles. The molecular formula is C17H25BrN2O. The summed E-state index contributed by atoms with van der Waals surface area (Å²) in [7, 11) is 0. The van der Waals surface area contributed by atoms with Crippen LogP contribution >= 0.6 is 15.9 Å². The minimum Gasteiger partial charge on any atom is -0.474 e. The summed E-state index contributed by atoms with van der Waals surface area (Å²) < 4.78 is 7.16. The number of ether oxygens (including phenoxy) is 1. The van der Waals surface area contributed by atoms with E-state index in [0.29, 0.717) is 5.41 Å². The van der Waals surface area contributed by atoms with Crippen LogP contribution in [0.1, 0.15) is 59.2 Å². The Bertz CT molecular complexity index is 546. The number of halogens is 1. The summed E-state index contributed by atoms with van der Waals surface area (Å²) in [6, 6.07) is 1.90. The maximum Gasteiger partial charge on any atom is 0.218 e. The van der Waals surface area contributed by atoms with E-state index in [1.165, 1.54) is 12.8 Å². The van der Waals surface area contributed by atoms with Gasteiger partial charge < -0.3 is 4.74 Å². The summed E-state index contributed by atoms with van der Waals surface area (Å²) in [6.07, 6.45) is 6.00. The molecule has 1 aromatic heterocycles. The molecule has 2 aliphatic rings. The Morgan fingerprint density at radius 2 is 2.10 bits per heavy atom. The normalized spacial score (nSPS) is 33.4. The van der Waals surface area contributed by atoms with Gasteiger partial charge in [-0.2, -0.15) is 4.98 Å². The number of nitrogens with zero attached hydrogens (tertiary/aromatic N) is 2. The molecule has 0 saturated heterocycles. The Labute approximate surface area is 136 Å². The van der Waals surface area contributed by atoms with Gasteiger partial charge in [0.15, 0.2) is 0 Å². The number of hydrogen-bond donors (Lipinski definition) is 0. The summed E-state index contributed by atoms with van der Waals surface area (Å²) >= 11 is 3.48. The highest BCUT2D eigenvalue weighted by atomic mass is 79.9. The SMILES string of the molecule is CCCc1nc(Br)cc(OC2CC3CCC2(C)C3(C)C)n1. The van der Waals surface area contributed by atoms with E-state index in [0.717, 1.165) is 41.5 Å². The quantitative estimate of drug-likeness (QED) is 0.731. The average molecular weight is 353 g/mol. The van der Waals surface area contributed by atoms with Crippen LogP contribution in [0.15, 0.2) is 10.7 Å². The van der Waals surface area contributed by atoms with Crippen LogP contribution in [0.5, 0.6) is 5.88 Å². The molecule has 2 fully saturated rings. The van der Waals surface area contributed by atoms with E-state index in [4.69, 9.17) is 4.74 Å². The smallest absolute Gasteiger partial charge is 0.218 e. The first-order chi connectivity index (χ1) is 9.86. The topological polar surface area (TPSA) is 35.0 Å². The van der Waals surface area contributed by atoms with Crippen molar-refractivity contribution < 1.29 is 4.74 Å². The van der Waals surface area contributed by atoms with Crippen LogP contribution in [0.2, 0.25) is 0 Å². The maximum atomic E-state index is 6.33. The lowest BCUT2D eigenvalue weighted by Crippen LogP contribution is -2.39. The predicted molar refractivity (Wildman–Crippen MR) is 87.4 cm³/mol. The molecule has 1 heterocycles. The Hall–Kier alpha value is -0.640. The third-order valence-electron chi connectivity index (χ3n) is 6.17. The van der Waals surface area contributed by atoms with Crippen molar-refractivity contribution in [1.82, 2.24) is 9.97 Å². The number of rotatable bonds is 4. The second kappa shape index (κ2) is 5.22. The van der Waals surface area contributed by atoms with Gasteiger partial charge in [0.25, 0.3) is 0 Å². The van der Waals surface area contributed by atoms with E-state index < -0.39 is 0 Å². The molecule has 0 N–H and O–H groups in total. The van der Waals surface area contributed by atoms with Crippen LogP contribution in [0.25, 0.3) is 0 Å². The zero-order valence-corrected chi connectivity index (χ0v) is 15.0. The first kappa shape index (κ1) is 15.3. The van der Waals surface area contributed by atoms with Crippen LogP contribution in [0.3, 0.4) is 0 Å². The molecule has 0 spiro atoms. The van der Waals surface area contributed by atoms with Gasteiger partial charge in [-0.1, -0.05) is 27.7 Å². The van der Waals surface area contributed by atoms with Gasteiger partial charge >= 0.3 is 0 Å². The van der Waals surface area contributed by atoms with Gasteiger partial charge in [0.2, 0.25) is 5.88 Å². The lowest BCUT2D eigenvalue weighted by atomic mass is 9.70. The first-order valence-electron chi connectivity index (χ1n) is 8.07. The van der Waals surface area contributed by atoms with Crippen LogP contribution in [-0.4, -0.2) is 16.1 Å². The molecule has 21 heavy (non-hydrogen) atoms. The molecule has 1 aromatic rings. The van der Waals surface area contributed by atoms with Crippen molar-refractivity contribution in [1.29, 1.82) is 0 Å². The van der Waals surface area contributed by atoms with Crippen LogP contribution in [-0.2, 0) is 6.42 Å². The molecule has 3 rings (SSSR count). The van der Waals surface area contributed by atoms with Gasteiger partial charge in [-0.15, -0.1) is 0 Å². The van der Waals surface area contributed by atoms with Crippen molar-refractivity contribution in [2.75, 3.05) is 0 Å². The standard InChI is InChI=1S/C17H25BrN2O/c1-5-6-14-19-13(18)10-15(20-14)21-12-9-11-7-8-17(12,4)16(11,2)3/h10-12H,5-9H2,1-4H3. The zero-order valence-electron chi connectivity index (χ0n) is 13.4. The third kappa shape index (κ3) is 2.39. The largest absolute Gasteiger partial charge is 0.474 e. The van der Waals surface area contributed by atoms with Gasteiger partial charge in [0, 0.05) is 17.9 Å². The number of fused-ring (bicyclic) bond motifs is 2. The first-order valence-corrected chi connectivity index (χ1v) is 8.86. The van der Waals surface area contributed by atoms with Crippen molar-refractivity contribution in [2.45, 2.75) is 65.9 Å². The molecule has 0 aromatic carbocycles. The second-order valence-corrected chi connectivity index (χ2v) is 8.22. The fourth-order valence-electron chi connectivity index (χ4n) is 4.29. The van der Waals surface area contributed by atoms with Crippen LogP contribution in [0, 0.1) is 16.7 Å². The Morgan fingerprint density at radius 1 is 1.33 bits per heavy atom. The van der Waals surface area contributed by atoms with E-state index in [-0.39, 0.29) is 11.5 Å². The Balaban J connectivity index is 1.82. The highest BCUT2D eigenvalue weighted by molar-refractivity contribution is 9.10. The summed E-state index contributed by atoms with van der Waals surface area (Å²) in [5.74, 6) is 2.39. The van der Waals surface area contributed by atoms with E-state index >= 15 is 0 Å². The average Bonchev–Trinajstić information content (AvgIpc) is 2.71. The summed E-state index contributed by atoms with van der Waals surface area (Å²) in [4.78, 5) is 9.00. The summed E-state index contributed by atoms with van der Waals surface area (Å²) in [6.45, 7) is 9.36. The van der Waals surface area contributed by atoms with Crippen LogP contribution in [0.4, 0.5) is 0 Å². The van der Waals surface area contributed by atoms with Gasteiger partial charge in [-0.3, -0.25) is 0 Å².